The minimum Gasteiger partial charge on any atom is -0.469 e. The fourth-order valence-electron chi connectivity index (χ4n) is 4.06. The lowest BCUT2D eigenvalue weighted by Gasteiger charge is -2.36. The number of rotatable bonds is 4. The first kappa shape index (κ1) is 15.3. The van der Waals surface area contributed by atoms with Crippen LogP contribution in [0.4, 0.5) is 0 Å². The number of ether oxygens (including phenoxy) is 3. The van der Waals surface area contributed by atoms with Gasteiger partial charge in [0.1, 0.15) is 17.6 Å². The van der Waals surface area contributed by atoms with Crippen molar-refractivity contribution in [3.05, 3.63) is 0 Å². The highest BCUT2D eigenvalue weighted by Crippen LogP contribution is 2.62. The first-order valence-corrected chi connectivity index (χ1v) is 7.77. The largest absolute Gasteiger partial charge is 0.469 e. The van der Waals surface area contributed by atoms with Crippen molar-refractivity contribution in [1.82, 2.24) is 0 Å². The smallest absolute Gasteiger partial charge is 0.313 e. The quantitative estimate of drug-likeness (QED) is 0.578. The second kappa shape index (κ2) is 4.70. The Bertz CT molecular complexity index is 535. The molecule has 122 valence electrons. The third kappa shape index (κ3) is 1.88. The van der Waals surface area contributed by atoms with Crippen molar-refractivity contribution >= 4 is 17.9 Å². The minimum absolute atomic E-state index is 0.0471. The van der Waals surface area contributed by atoms with Crippen LogP contribution in [0.5, 0.6) is 0 Å². The molecule has 0 aromatic carbocycles. The molecule has 6 heteroatoms. The van der Waals surface area contributed by atoms with E-state index < -0.39 is 28.8 Å². The van der Waals surface area contributed by atoms with E-state index >= 15 is 0 Å². The normalized spacial score (nSPS) is 38.8. The molecule has 2 saturated carbocycles. The van der Waals surface area contributed by atoms with Gasteiger partial charge in [-0.1, -0.05) is 6.92 Å². The fraction of sp³-hybridized carbons (Fsp3) is 0.812. The number of fused-ring (bicyclic) bond motifs is 1. The van der Waals surface area contributed by atoms with Crippen LogP contribution in [-0.2, 0) is 28.6 Å². The van der Waals surface area contributed by atoms with Crippen LogP contribution < -0.4 is 0 Å². The maximum Gasteiger partial charge on any atom is 0.313 e. The maximum absolute atomic E-state index is 12.5. The topological polar surface area (TPSA) is 78.9 Å². The van der Waals surface area contributed by atoms with Gasteiger partial charge in [-0.05, 0) is 26.7 Å². The summed E-state index contributed by atoms with van der Waals surface area (Å²) >= 11 is 0. The standard InChI is InChI=1S/C16H22O6/c1-5-15(2,3)14(19)22-16-6-8-9(7-16)21-12(17)10(8)11(16)13(18)20-4/h8-11H,5-7H2,1-4H3. The molecule has 0 amide bonds. The van der Waals surface area contributed by atoms with Gasteiger partial charge in [-0.25, -0.2) is 0 Å². The van der Waals surface area contributed by atoms with Crippen LogP contribution in [0.1, 0.15) is 40.0 Å². The highest BCUT2D eigenvalue weighted by Gasteiger charge is 2.73. The van der Waals surface area contributed by atoms with E-state index in [0.717, 1.165) is 0 Å². The molecule has 0 spiro atoms. The van der Waals surface area contributed by atoms with Crippen molar-refractivity contribution in [2.45, 2.75) is 51.7 Å². The third-order valence-corrected chi connectivity index (χ3v) is 5.72. The predicted molar refractivity (Wildman–Crippen MR) is 74.5 cm³/mol. The Kier molecular flexibility index (Phi) is 3.27. The Labute approximate surface area is 129 Å². The zero-order valence-electron chi connectivity index (χ0n) is 13.4. The Morgan fingerprint density at radius 3 is 2.64 bits per heavy atom. The predicted octanol–water partition coefficient (Wildman–Crippen LogP) is 1.46. The molecule has 0 radical (unpaired) electrons. The van der Waals surface area contributed by atoms with Gasteiger partial charge < -0.3 is 14.2 Å². The van der Waals surface area contributed by atoms with Crippen LogP contribution in [0, 0.1) is 23.2 Å². The van der Waals surface area contributed by atoms with Crippen molar-refractivity contribution in [3.63, 3.8) is 0 Å². The van der Waals surface area contributed by atoms with Crippen molar-refractivity contribution in [1.29, 1.82) is 0 Å². The second-order valence-corrected chi connectivity index (χ2v) is 7.27. The van der Waals surface area contributed by atoms with Crippen molar-refractivity contribution in [2.24, 2.45) is 23.2 Å². The minimum atomic E-state index is -0.956. The van der Waals surface area contributed by atoms with E-state index in [4.69, 9.17) is 14.2 Å². The molecular weight excluding hydrogens is 288 g/mol. The number of carbonyl (C=O) groups excluding carboxylic acids is 3. The summed E-state index contributed by atoms with van der Waals surface area (Å²) in [5.41, 5.74) is -1.58. The average Bonchev–Trinajstić information content (AvgIpc) is 3.03. The zero-order chi connectivity index (χ0) is 16.3. The summed E-state index contributed by atoms with van der Waals surface area (Å²) < 4.78 is 16.0. The van der Waals surface area contributed by atoms with Crippen molar-refractivity contribution in [2.75, 3.05) is 7.11 Å². The van der Waals surface area contributed by atoms with Crippen LogP contribution >= 0.6 is 0 Å². The van der Waals surface area contributed by atoms with Gasteiger partial charge in [-0.3, -0.25) is 14.4 Å². The Balaban J connectivity index is 1.93. The summed E-state index contributed by atoms with van der Waals surface area (Å²) in [5.74, 6) is -2.52. The Hall–Kier alpha value is -1.59. The molecule has 6 nitrogen and oxygen atoms in total. The molecule has 0 aromatic heterocycles. The first-order chi connectivity index (χ1) is 10.3. The first-order valence-electron chi connectivity index (χ1n) is 7.77. The lowest BCUT2D eigenvalue weighted by molar-refractivity contribution is -0.182. The molecule has 0 N–H and O–H groups in total. The summed E-state index contributed by atoms with van der Waals surface area (Å²) in [5, 5.41) is 0. The average molecular weight is 310 g/mol. The Morgan fingerprint density at radius 1 is 1.36 bits per heavy atom. The maximum atomic E-state index is 12.5. The summed E-state index contributed by atoms with van der Waals surface area (Å²) in [4.78, 5) is 36.8. The third-order valence-electron chi connectivity index (χ3n) is 5.72. The molecule has 3 rings (SSSR count). The number of carbonyl (C=O) groups is 3. The fourth-order valence-corrected chi connectivity index (χ4v) is 4.06. The molecule has 22 heavy (non-hydrogen) atoms. The number of hydrogen-bond donors (Lipinski definition) is 0. The lowest BCUT2D eigenvalue weighted by Crippen LogP contribution is -2.48. The highest BCUT2D eigenvalue weighted by atomic mass is 16.6. The SMILES string of the molecule is CCC(C)(C)C(=O)OC12CC3OC(=O)C(C3C1)C2C(=O)OC. The lowest BCUT2D eigenvalue weighted by atomic mass is 9.77. The monoisotopic (exact) mass is 310 g/mol. The molecular formula is C16H22O6. The summed E-state index contributed by atoms with van der Waals surface area (Å²) in [6.45, 7) is 5.55. The Morgan fingerprint density at radius 2 is 2.05 bits per heavy atom. The van der Waals surface area contributed by atoms with E-state index in [2.05, 4.69) is 0 Å². The number of hydrogen-bond acceptors (Lipinski definition) is 6. The van der Waals surface area contributed by atoms with Gasteiger partial charge >= 0.3 is 17.9 Å². The van der Waals surface area contributed by atoms with Gasteiger partial charge in [0.2, 0.25) is 0 Å². The molecule has 5 atom stereocenters. The van der Waals surface area contributed by atoms with E-state index in [-0.39, 0.29) is 24.0 Å². The van der Waals surface area contributed by atoms with Gasteiger partial charge in [0, 0.05) is 12.3 Å². The van der Waals surface area contributed by atoms with Gasteiger partial charge in [-0.2, -0.15) is 0 Å². The summed E-state index contributed by atoms with van der Waals surface area (Å²) in [6.07, 6.45) is 1.29. The second-order valence-electron chi connectivity index (χ2n) is 7.27. The molecule has 5 unspecified atom stereocenters. The van der Waals surface area contributed by atoms with Gasteiger partial charge in [0.25, 0.3) is 0 Å². The summed E-state index contributed by atoms with van der Waals surface area (Å²) in [6, 6.07) is 0. The molecule has 3 aliphatic rings. The van der Waals surface area contributed by atoms with E-state index in [9.17, 15) is 14.4 Å². The zero-order valence-corrected chi connectivity index (χ0v) is 13.4. The summed E-state index contributed by atoms with van der Waals surface area (Å²) in [7, 11) is 1.29. The van der Waals surface area contributed by atoms with E-state index in [1.807, 2.05) is 20.8 Å². The molecule has 3 fully saturated rings. The molecule has 1 saturated heterocycles. The van der Waals surface area contributed by atoms with Crippen molar-refractivity contribution in [3.8, 4) is 0 Å². The van der Waals surface area contributed by atoms with Crippen molar-refractivity contribution < 1.29 is 28.6 Å². The highest BCUT2D eigenvalue weighted by molar-refractivity contribution is 5.87. The molecule has 1 aliphatic heterocycles. The van der Waals surface area contributed by atoms with Crippen LogP contribution in [0.15, 0.2) is 0 Å². The van der Waals surface area contributed by atoms with Gasteiger partial charge in [0.05, 0.1) is 18.4 Å². The van der Waals surface area contributed by atoms with Crippen LogP contribution in [0.2, 0.25) is 0 Å². The van der Waals surface area contributed by atoms with Crippen LogP contribution in [-0.4, -0.2) is 36.7 Å². The van der Waals surface area contributed by atoms with E-state index in [1.165, 1.54) is 7.11 Å². The molecule has 1 heterocycles. The molecule has 0 aromatic rings. The number of esters is 3. The van der Waals surface area contributed by atoms with Gasteiger partial charge in [0.15, 0.2) is 0 Å². The molecule has 2 aliphatic carbocycles. The molecule has 2 bridgehead atoms. The van der Waals surface area contributed by atoms with Crippen LogP contribution in [0.3, 0.4) is 0 Å². The number of methoxy groups -OCH3 is 1. The van der Waals surface area contributed by atoms with Crippen LogP contribution in [0.25, 0.3) is 0 Å². The van der Waals surface area contributed by atoms with Gasteiger partial charge in [-0.15, -0.1) is 0 Å². The van der Waals surface area contributed by atoms with E-state index in [0.29, 0.717) is 19.3 Å². The van der Waals surface area contributed by atoms with E-state index in [1.54, 1.807) is 0 Å².